The van der Waals surface area contributed by atoms with Crippen molar-refractivity contribution >= 4 is 35.0 Å². The first kappa shape index (κ1) is 22.2. The fourth-order valence-corrected chi connectivity index (χ4v) is 3.96. The average molecular weight is 451 g/mol. The van der Waals surface area contributed by atoms with Crippen molar-refractivity contribution in [2.24, 2.45) is 0 Å². The number of piperazine rings is 1. The van der Waals surface area contributed by atoms with Crippen molar-refractivity contribution in [1.29, 1.82) is 0 Å². The van der Waals surface area contributed by atoms with Gasteiger partial charge in [-0.2, -0.15) is 0 Å². The van der Waals surface area contributed by atoms with Crippen LogP contribution in [0.25, 0.3) is 0 Å². The molecule has 1 aliphatic heterocycles. The molecule has 3 rings (SSSR count). The molecule has 0 atom stereocenters. The Balaban J connectivity index is 1.53. The Bertz CT molecular complexity index is 885. The predicted molar refractivity (Wildman–Crippen MR) is 117 cm³/mol. The standard InChI is InChI=1S/C22H24Cl2N2O4/c1-29-19-9-15(10-20(14-19)30-2)3-4-21(27)25-5-7-26(8-6-25)22(28)16-11-17(23)13-18(24)12-16/h9-14H,3-8H2,1-2H3. The summed E-state index contributed by atoms with van der Waals surface area (Å²) in [6.45, 7) is 1.95. The maximum absolute atomic E-state index is 12.7. The number of carbonyl (C=O) groups excluding carboxylic acids is 2. The van der Waals surface area contributed by atoms with E-state index in [1.807, 2.05) is 12.1 Å². The number of rotatable bonds is 6. The summed E-state index contributed by atoms with van der Waals surface area (Å²) in [6, 6.07) is 10.4. The number of methoxy groups -OCH3 is 2. The van der Waals surface area contributed by atoms with Gasteiger partial charge in [0.1, 0.15) is 11.5 Å². The van der Waals surface area contributed by atoms with Gasteiger partial charge in [-0.3, -0.25) is 9.59 Å². The molecule has 1 aliphatic rings. The minimum atomic E-state index is -0.130. The van der Waals surface area contributed by atoms with Crippen molar-refractivity contribution in [1.82, 2.24) is 9.80 Å². The van der Waals surface area contributed by atoms with Crippen LogP contribution in [0, 0.1) is 0 Å². The van der Waals surface area contributed by atoms with Crippen LogP contribution in [0.15, 0.2) is 36.4 Å². The van der Waals surface area contributed by atoms with E-state index in [4.69, 9.17) is 32.7 Å². The van der Waals surface area contributed by atoms with Gasteiger partial charge in [0.2, 0.25) is 5.91 Å². The number of ether oxygens (including phenoxy) is 2. The lowest BCUT2D eigenvalue weighted by Crippen LogP contribution is -2.50. The maximum atomic E-state index is 12.7. The Morgan fingerprint density at radius 3 is 1.90 bits per heavy atom. The smallest absolute Gasteiger partial charge is 0.254 e. The molecule has 2 aromatic rings. The van der Waals surface area contributed by atoms with Gasteiger partial charge in [0.25, 0.3) is 5.91 Å². The van der Waals surface area contributed by atoms with Crippen LogP contribution in [-0.4, -0.2) is 62.0 Å². The molecule has 0 spiro atoms. The second-order valence-electron chi connectivity index (χ2n) is 7.05. The molecule has 0 N–H and O–H groups in total. The molecule has 0 aliphatic carbocycles. The molecule has 0 radical (unpaired) electrons. The molecule has 1 heterocycles. The highest BCUT2D eigenvalue weighted by Gasteiger charge is 2.25. The molecule has 0 aromatic heterocycles. The zero-order valence-electron chi connectivity index (χ0n) is 17.0. The molecular formula is C22H24Cl2N2O4. The molecule has 0 saturated carbocycles. The van der Waals surface area contributed by atoms with Gasteiger partial charge in [0.05, 0.1) is 14.2 Å². The lowest BCUT2D eigenvalue weighted by molar-refractivity contribution is -0.132. The SMILES string of the molecule is COc1cc(CCC(=O)N2CCN(C(=O)c3cc(Cl)cc(Cl)c3)CC2)cc(OC)c1. The summed E-state index contributed by atoms with van der Waals surface area (Å²) in [6.07, 6.45) is 0.973. The topological polar surface area (TPSA) is 59.1 Å². The summed E-state index contributed by atoms with van der Waals surface area (Å²) in [5, 5.41) is 0.850. The maximum Gasteiger partial charge on any atom is 0.254 e. The number of hydrogen-bond donors (Lipinski definition) is 0. The first-order valence-corrected chi connectivity index (χ1v) is 10.4. The summed E-state index contributed by atoms with van der Waals surface area (Å²) in [4.78, 5) is 28.9. The largest absolute Gasteiger partial charge is 0.497 e. The van der Waals surface area contributed by atoms with Gasteiger partial charge in [-0.25, -0.2) is 0 Å². The normalized spacial score (nSPS) is 13.9. The van der Waals surface area contributed by atoms with Gasteiger partial charge in [-0.15, -0.1) is 0 Å². The van der Waals surface area contributed by atoms with Crippen molar-refractivity contribution in [3.05, 3.63) is 57.6 Å². The predicted octanol–water partition coefficient (Wildman–Crippen LogP) is 3.93. The number of halogens is 2. The molecule has 160 valence electrons. The second kappa shape index (κ2) is 10.0. The van der Waals surface area contributed by atoms with Gasteiger partial charge in [-0.05, 0) is 42.3 Å². The third kappa shape index (κ3) is 5.58. The molecule has 6 nitrogen and oxygen atoms in total. The van der Waals surface area contributed by atoms with E-state index in [0.717, 1.165) is 5.56 Å². The summed E-state index contributed by atoms with van der Waals surface area (Å²) in [5.41, 5.74) is 1.44. The van der Waals surface area contributed by atoms with Gasteiger partial charge >= 0.3 is 0 Å². The minimum Gasteiger partial charge on any atom is -0.497 e. The summed E-state index contributed by atoms with van der Waals surface area (Å²) in [7, 11) is 3.20. The first-order chi connectivity index (χ1) is 14.4. The monoisotopic (exact) mass is 450 g/mol. The van der Waals surface area contributed by atoms with Crippen molar-refractivity contribution in [3.63, 3.8) is 0 Å². The fourth-order valence-electron chi connectivity index (χ4n) is 3.44. The Kier molecular flexibility index (Phi) is 7.45. The number of hydrogen-bond acceptors (Lipinski definition) is 4. The van der Waals surface area contributed by atoms with E-state index in [1.165, 1.54) is 0 Å². The highest BCUT2D eigenvalue weighted by atomic mass is 35.5. The van der Waals surface area contributed by atoms with E-state index < -0.39 is 0 Å². The zero-order chi connectivity index (χ0) is 21.7. The zero-order valence-corrected chi connectivity index (χ0v) is 18.5. The third-order valence-electron chi connectivity index (χ3n) is 5.07. The van der Waals surface area contributed by atoms with Crippen LogP contribution in [0.4, 0.5) is 0 Å². The van der Waals surface area contributed by atoms with E-state index >= 15 is 0 Å². The minimum absolute atomic E-state index is 0.0645. The Morgan fingerprint density at radius 1 is 0.833 bits per heavy atom. The molecule has 30 heavy (non-hydrogen) atoms. The van der Waals surface area contributed by atoms with E-state index in [2.05, 4.69) is 0 Å². The Labute approximate surface area is 186 Å². The molecule has 2 aromatic carbocycles. The summed E-state index contributed by atoms with van der Waals surface area (Å²) in [5.74, 6) is 1.33. The number of amides is 2. The Morgan fingerprint density at radius 2 is 1.37 bits per heavy atom. The Hall–Kier alpha value is -2.44. The van der Waals surface area contributed by atoms with Crippen molar-refractivity contribution in [3.8, 4) is 11.5 Å². The molecule has 0 unspecified atom stereocenters. The number of aryl methyl sites for hydroxylation is 1. The lowest BCUT2D eigenvalue weighted by atomic mass is 10.1. The molecular weight excluding hydrogens is 427 g/mol. The van der Waals surface area contributed by atoms with Crippen LogP contribution >= 0.6 is 23.2 Å². The number of nitrogens with zero attached hydrogens (tertiary/aromatic N) is 2. The fraction of sp³-hybridized carbons (Fsp3) is 0.364. The first-order valence-electron chi connectivity index (χ1n) is 9.64. The van der Waals surface area contributed by atoms with Crippen LogP contribution in [0.5, 0.6) is 11.5 Å². The lowest BCUT2D eigenvalue weighted by Gasteiger charge is -2.35. The van der Waals surface area contributed by atoms with Crippen LogP contribution in [0.3, 0.4) is 0 Å². The average Bonchev–Trinajstić information content (AvgIpc) is 2.76. The number of carbonyl (C=O) groups is 2. The molecule has 1 fully saturated rings. The molecule has 1 saturated heterocycles. The van der Waals surface area contributed by atoms with Crippen molar-refractivity contribution in [2.75, 3.05) is 40.4 Å². The van der Waals surface area contributed by atoms with E-state index in [0.29, 0.717) is 66.1 Å². The molecule has 2 amide bonds. The highest BCUT2D eigenvalue weighted by Crippen LogP contribution is 2.24. The highest BCUT2D eigenvalue weighted by molar-refractivity contribution is 6.35. The van der Waals surface area contributed by atoms with Gasteiger partial charge in [0, 0.05) is 54.3 Å². The van der Waals surface area contributed by atoms with Crippen LogP contribution < -0.4 is 9.47 Å². The van der Waals surface area contributed by atoms with Gasteiger partial charge < -0.3 is 19.3 Å². The van der Waals surface area contributed by atoms with Crippen LogP contribution in [0.2, 0.25) is 10.0 Å². The van der Waals surface area contributed by atoms with E-state index in [1.54, 1.807) is 48.3 Å². The summed E-state index contributed by atoms with van der Waals surface area (Å²) < 4.78 is 10.6. The van der Waals surface area contributed by atoms with Crippen LogP contribution in [-0.2, 0) is 11.2 Å². The quantitative estimate of drug-likeness (QED) is 0.668. The van der Waals surface area contributed by atoms with E-state index in [9.17, 15) is 9.59 Å². The van der Waals surface area contributed by atoms with Crippen molar-refractivity contribution < 1.29 is 19.1 Å². The van der Waals surface area contributed by atoms with Crippen LogP contribution in [0.1, 0.15) is 22.3 Å². The van der Waals surface area contributed by atoms with E-state index in [-0.39, 0.29) is 11.8 Å². The number of benzene rings is 2. The van der Waals surface area contributed by atoms with Gasteiger partial charge in [-0.1, -0.05) is 23.2 Å². The molecule has 8 heteroatoms. The second-order valence-corrected chi connectivity index (χ2v) is 7.92. The third-order valence-corrected chi connectivity index (χ3v) is 5.50. The molecule has 0 bridgehead atoms. The summed E-state index contributed by atoms with van der Waals surface area (Å²) >= 11 is 12.0. The van der Waals surface area contributed by atoms with Gasteiger partial charge in [0.15, 0.2) is 0 Å². The van der Waals surface area contributed by atoms with Crippen molar-refractivity contribution in [2.45, 2.75) is 12.8 Å².